The van der Waals surface area contributed by atoms with Gasteiger partial charge in [0.25, 0.3) is 0 Å². The maximum atomic E-state index is 14.1. The summed E-state index contributed by atoms with van der Waals surface area (Å²) in [6, 6.07) is 17.0. The number of carbonyl (C=O) groups excluding carboxylic acids is 3. The number of amides is 3. The Hall–Kier alpha value is -4.27. The standard InChI is InChI=1S/C42H57N5O4/c1-26(2)36(44-40(50)51-8)39(49)47-33-16-11-29(25-33)37(47)38(48)45-42(6)23-21-28(22-24-42)35-20-19-34(27-9-14-31(43-7)15-10-27)46(35)32-17-12-30(13-18-32)41(3,4)5/h9-10,12-15,17-18,21-23,26,29,33-37,43H,11,16,19-20,24-25H2,1-8H3,(H,44,50)(H,45,48)/t29?,33?,34-,35-,36?,37-,42?/m0/s1. The predicted octanol–water partition coefficient (Wildman–Crippen LogP) is 7.26. The summed E-state index contributed by atoms with van der Waals surface area (Å²) in [5, 5.41) is 9.31. The molecule has 4 unspecified atom stereocenters. The molecule has 0 aromatic heterocycles. The van der Waals surface area contributed by atoms with Gasteiger partial charge in [0.05, 0.1) is 24.7 Å². The highest BCUT2D eigenvalue weighted by Gasteiger charge is 2.53. The summed E-state index contributed by atoms with van der Waals surface area (Å²) in [7, 11) is 3.24. The zero-order valence-electron chi connectivity index (χ0n) is 31.7. The molecule has 2 aromatic rings. The van der Waals surface area contributed by atoms with Crippen molar-refractivity contribution in [2.24, 2.45) is 11.8 Å². The highest BCUT2D eigenvalue weighted by molar-refractivity contribution is 5.93. The molecule has 9 nitrogen and oxygen atoms in total. The summed E-state index contributed by atoms with van der Waals surface area (Å²) in [4.78, 5) is 44.5. The third-order valence-corrected chi connectivity index (χ3v) is 11.7. The third-order valence-electron chi connectivity index (χ3n) is 11.7. The molecule has 7 atom stereocenters. The maximum Gasteiger partial charge on any atom is 0.407 e. The molecule has 1 saturated carbocycles. The van der Waals surface area contributed by atoms with Crippen LogP contribution in [-0.4, -0.2) is 66.7 Å². The van der Waals surface area contributed by atoms with Gasteiger partial charge in [-0.15, -0.1) is 0 Å². The molecule has 0 radical (unpaired) electrons. The molecule has 2 aliphatic carbocycles. The number of hydrogen-bond acceptors (Lipinski definition) is 6. The minimum absolute atomic E-state index is 0.00773. The largest absolute Gasteiger partial charge is 0.453 e. The number of rotatable bonds is 9. The number of hydrogen-bond donors (Lipinski definition) is 3. The first-order valence-electron chi connectivity index (χ1n) is 18.8. The van der Waals surface area contributed by atoms with Crippen molar-refractivity contribution >= 4 is 29.3 Å². The van der Waals surface area contributed by atoms with Crippen LogP contribution in [-0.2, 0) is 19.7 Å². The van der Waals surface area contributed by atoms with E-state index >= 15 is 0 Å². The van der Waals surface area contributed by atoms with Crippen molar-refractivity contribution in [3.05, 3.63) is 83.5 Å². The average Bonchev–Trinajstić information content (AvgIpc) is 3.86. The number of carbonyl (C=O) groups is 3. The minimum Gasteiger partial charge on any atom is -0.453 e. The highest BCUT2D eigenvalue weighted by atomic mass is 16.5. The molecule has 3 amide bonds. The summed E-state index contributed by atoms with van der Waals surface area (Å²) < 4.78 is 4.81. The first-order valence-corrected chi connectivity index (χ1v) is 18.8. The number of nitrogens with zero attached hydrogens (tertiary/aromatic N) is 2. The number of likely N-dealkylation sites (tertiary alicyclic amines) is 1. The van der Waals surface area contributed by atoms with Crippen LogP contribution in [0.2, 0.25) is 0 Å². The van der Waals surface area contributed by atoms with Gasteiger partial charge in [-0.2, -0.15) is 0 Å². The second-order valence-electron chi connectivity index (χ2n) is 16.6. The maximum absolute atomic E-state index is 14.1. The number of methoxy groups -OCH3 is 1. The lowest BCUT2D eigenvalue weighted by Gasteiger charge is -2.40. The fourth-order valence-corrected chi connectivity index (χ4v) is 8.78. The van der Waals surface area contributed by atoms with E-state index in [1.165, 1.54) is 29.5 Å². The smallest absolute Gasteiger partial charge is 0.407 e. The van der Waals surface area contributed by atoms with Crippen molar-refractivity contribution in [3.8, 4) is 0 Å². The summed E-state index contributed by atoms with van der Waals surface area (Å²) in [6.45, 7) is 12.6. The summed E-state index contributed by atoms with van der Waals surface area (Å²) in [6.07, 6.45) is 11.3. The molecule has 4 aliphatic rings. The van der Waals surface area contributed by atoms with Gasteiger partial charge < -0.3 is 30.5 Å². The lowest BCUT2D eigenvalue weighted by Crippen LogP contribution is -2.61. The molecule has 0 spiro atoms. The summed E-state index contributed by atoms with van der Waals surface area (Å²) >= 11 is 0. The fourth-order valence-electron chi connectivity index (χ4n) is 8.78. The van der Waals surface area contributed by atoms with Crippen LogP contribution in [0.25, 0.3) is 0 Å². The molecule has 3 fully saturated rings. The van der Waals surface area contributed by atoms with E-state index in [1.54, 1.807) is 4.90 Å². The first kappa shape index (κ1) is 36.5. The average molecular weight is 696 g/mol. The van der Waals surface area contributed by atoms with Gasteiger partial charge in [0, 0.05) is 24.5 Å². The van der Waals surface area contributed by atoms with Crippen LogP contribution >= 0.6 is 0 Å². The fraction of sp³-hybridized carbons (Fsp3) is 0.548. The molecule has 274 valence electrons. The van der Waals surface area contributed by atoms with Gasteiger partial charge in [-0.05, 0) is 104 Å². The monoisotopic (exact) mass is 695 g/mol. The Balaban J connectivity index is 1.20. The van der Waals surface area contributed by atoms with E-state index in [9.17, 15) is 14.4 Å². The molecule has 2 aliphatic heterocycles. The van der Waals surface area contributed by atoms with Crippen molar-refractivity contribution < 1.29 is 19.1 Å². The Kier molecular flexibility index (Phi) is 10.3. The van der Waals surface area contributed by atoms with E-state index in [-0.39, 0.29) is 47.2 Å². The molecule has 2 heterocycles. The Morgan fingerprint density at radius 1 is 0.941 bits per heavy atom. The van der Waals surface area contributed by atoms with E-state index in [0.29, 0.717) is 6.42 Å². The molecule has 2 aromatic carbocycles. The first-order chi connectivity index (χ1) is 24.2. The molecule has 51 heavy (non-hydrogen) atoms. The van der Waals surface area contributed by atoms with E-state index in [2.05, 4.69) is 115 Å². The number of ether oxygens (including phenoxy) is 1. The van der Waals surface area contributed by atoms with Gasteiger partial charge in [0.2, 0.25) is 11.8 Å². The molecule has 2 saturated heterocycles. The van der Waals surface area contributed by atoms with Gasteiger partial charge in [0.1, 0.15) is 12.1 Å². The van der Waals surface area contributed by atoms with Crippen molar-refractivity contribution in [1.82, 2.24) is 15.5 Å². The van der Waals surface area contributed by atoms with E-state index in [1.807, 2.05) is 20.9 Å². The lowest BCUT2D eigenvalue weighted by molar-refractivity contribution is -0.145. The summed E-state index contributed by atoms with van der Waals surface area (Å²) in [5.74, 6) is -0.364. The molecule has 9 heteroatoms. The predicted molar refractivity (Wildman–Crippen MR) is 204 cm³/mol. The number of benzene rings is 2. The second kappa shape index (κ2) is 14.4. The van der Waals surface area contributed by atoms with Crippen LogP contribution in [0, 0.1) is 11.8 Å². The number of alkyl carbamates (subject to hydrolysis) is 1. The van der Waals surface area contributed by atoms with Crippen LogP contribution in [0.5, 0.6) is 0 Å². The zero-order valence-corrected chi connectivity index (χ0v) is 31.7. The SMILES string of the molecule is CNc1ccc([C@@H]2CC[C@@H](C3=CCC(C)(NC(=O)[C@@H]4C5CCC(C5)N4C(=O)C(NC(=O)OC)C(C)C)C=C3)N2c2ccc(C(C)(C)C)cc2)cc1. The Labute approximate surface area is 304 Å². The topological polar surface area (TPSA) is 103 Å². The van der Waals surface area contributed by atoms with E-state index < -0.39 is 23.7 Å². The molecule has 2 bridgehead atoms. The van der Waals surface area contributed by atoms with Crippen molar-refractivity contribution in [2.45, 2.75) is 121 Å². The van der Waals surface area contributed by atoms with E-state index in [4.69, 9.17) is 4.74 Å². The Morgan fingerprint density at radius 2 is 1.63 bits per heavy atom. The van der Waals surface area contributed by atoms with Gasteiger partial charge in [-0.1, -0.05) is 77.1 Å². The van der Waals surface area contributed by atoms with Gasteiger partial charge in [-0.25, -0.2) is 4.79 Å². The third kappa shape index (κ3) is 7.40. The van der Waals surface area contributed by atoms with Crippen LogP contribution in [0.3, 0.4) is 0 Å². The van der Waals surface area contributed by atoms with Crippen molar-refractivity contribution in [1.29, 1.82) is 0 Å². The Morgan fingerprint density at radius 3 is 2.22 bits per heavy atom. The van der Waals surface area contributed by atoms with Gasteiger partial charge >= 0.3 is 6.09 Å². The van der Waals surface area contributed by atoms with Crippen LogP contribution < -0.4 is 20.9 Å². The van der Waals surface area contributed by atoms with Gasteiger partial charge in [0.15, 0.2) is 0 Å². The van der Waals surface area contributed by atoms with Crippen LogP contribution in [0.4, 0.5) is 16.2 Å². The highest BCUT2D eigenvalue weighted by Crippen LogP contribution is 2.45. The van der Waals surface area contributed by atoms with Crippen LogP contribution in [0.1, 0.15) is 97.2 Å². The molecule has 6 rings (SSSR count). The van der Waals surface area contributed by atoms with Crippen molar-refractivity contribution in [3.63, 3.8) is 0 Å². The number of anilines is 2. The van der Waals surface area contributed by atoms with Crippen LogP contribution in [0.15, 0.2) is 72.3 Å². The minimum atomic E-state index is -0.758. The number of fused-ring (bicyclic) bond motifs is 2. The number of piperidine rings is 1. The van der Waals surface area contributed by atoms with Crippen molar-refractivity contribution in [2.75, 3.05) is 24.4 Å². The molecular weight excluding hydrogens is 638 g/mol. The molecule has 3 N–H and O–H groups in total. The summed E-state index contributed by atoms with van der Waals surface area (Å²) in [5.41, 5.74) is 5.69. The quantitative estimate of drug-likeness (QED) is 0.255. The van der Waals surface area contributed by atoms with E-state index in [0.717, 1.165) is 37.8 Å². The normalized spacial score (nSPS) is 27.7. The second-order valence-corrected chi connectivity index (χ2v) is 16.6. The lowest BCUT2D eigenvalue weighted by atomic mass is 9.86. The molecular formula is C42H57N5O4. The Bertz CT molecular complexity index is 1660. The number of nitrogens with one attached hydrogen (secondary N) is 3. The zero-order chi connectivity index (χ0) is 36.7. The van der Waals surface area contributed by atoms with Gasteiger partial charge in [-0.3, -0.25) is 9.59 Å².